The molecular formula is C35H54N4O5. The molecule has 9 heteroatoms. The van der Waals surface area contributed by atoms with Crippen LogP contribution in [-0.2, 0) is 16.0 Å². The Kier molecular flexibility index (Phi) is 10.4. The van der Waals surface area contributed by atoms with Crippen LogP contribution in [0.5, 0.6) is 5.75 Å². The summed E-state index contributed by atoms with van der Waals surface area (Å²) in [6.07, 6.45) is 3.94. The number of aliphatic hydroxyl groups is 1. The molecule has 3 N–H and O–H groups in total. The van der Waals surface area contributed by atoms with E-state index in [0.29, 0.717) is 17.6 Å². The number of ether oxygens (including phenoxy) is 3. The van der Waals surface area contributed by atoms with E-state index in [1.165, 1.54) is 0 Å². The quantitative estimate of drug-likeness (QED) is 0.328. The predicted octanol–water partition coefficient (Wildman–Crippen LogP) is 4.88. The third kappa shape index (κ3) is 7.50. The fourth-order valence-corrected chi connectivity index (χ4v) is 7.64. The average Bonchev–Trinajstić information content (AvgIpc) is 2.90. The Morgan fingerprint density at radius 3 is 2.25 bits per heavy atom. The molecule has 3 aliphatic rings. The number of nitrogens with one attached hydrogen (secondary N) is 2. The first-order chi connectivity index (χ1) is 20.9. The van der Waals surface area contributed by atoms with E-state index in [9.17, 15) is 9.90 Å². The Morgan fingerprint density at radius 2 is 1.64 bits per heavy atom. The second-order valence-corrected chi connectivity index (χ2v) is 13.6. The monoisotopic (exact) mass is 610 g/mol. The minimum absolute atomic E-state index is 0.125. The Labute approximate surface area is 263 Å². The second-order valence-electron chi connectivity index (χ2n) is 13.6. The molecule has 2 aliphatic heterocycles. The first kappa shape index (κ1) is 32.9. The van der Waals surface area contributed by atoms with Gasteiger partial charge in [-0.25, -0.2) is 0 Å². The van der Waals surface area contributed by atoms with Crippen molar-refractivity contribution in [2.75, 3.05) is 24.5 Å². The normalized spacial score (nSPS) is 30.1. The van der Waals surface area contributed by atoms with Crippen molar-refractivity contribution >= 4 is 5.69 Å². The SMILES string of the molecule is CCN(c1cc(O[C@H]2C[C@@H](N3C[C@@H](C)O[C@@H](C)C3)C2)cc(C(O)NCc2c(C)cc(C)[nH]c2=O)c1C)[C@H]1C[C@@H](C)O[C@@H](C)C1. The van der Waals surface area contributed by atoms with Crippen molar-refractivity contribution < 1.29 is 19.3 Å². The molecule has 0 bridgehead atoms. The van der Waals surface area contributed by atoms with Gasteiger partial charge in [0.1, 0.15) is 18.1 Å². The van der Waals surface area contributed by atoms with Crippen LogP contribution in [0.3, 0.4) is 0 Å². The number of H-pyrrole nitrogens is 1. The Morgan fingerprint density at radius 1 is 1.00 bits per heavy atom. The van der Waals surface area contributed by atoms with Crippen molar-refractivity contribution in [2.45, 2.75) is 136 Å². The van der Waals surface area contributed by atoms with Gasteiger partial charge in [0.15, 0.2) is 0 Å². The minimum atomic E-state index is -0.964. The number of aliphatic hydroxyl groups excluding tert-OH is 1. The molecule has 244 valence electrons. The molecule has 1 unspecified atom stereocenters. The molecule has 3 fully saturated rings. The molecule has 6 atom stereocenters. The number of morpholine rings is 1. The highest BCUT2D eigenvalue weighted by Crippen LogP contribution is 2.38. The highest BCUT2D eigenvalue weighted by molar-refractivity contribution is 5.61. The number of hydrogen-bond donors (Lipinski definition) is 3. The van der Waals surface area contributed by atoms with Crippen molar-refractivity contribution in [3.63, 3.8) is 0 Å². The van der Waals surface area contributed by atoms with E-state index < -0.39 is 6.23 Å². The van der Waals surface area contributed by atoms with Crippen LogP contribution in [0.2, 0.25) is 0 Å². The first-order valence-electron chi connectivity index (χ1n) is 16.6. The van der Waals surface area contributed by atoms with Gasteiger partial charge in [0.05, 0.1) is 24.4 Å². The maximum atomic E-state index is 12.7. The third-order valence-electron chi connectivity index (χ3n) is 9.75. The zero-order valence-electron chi connectivity index (χ0n) is 28.0. The number of aromatic nitrogens is 1. The van der Waals surface area contributed by atoms with E-state index in [-0.39, 0.29) is 42.6 Å². The van der Waals surface area contributed by atoms with Gasteiger partial charge in [0, 0.05) is 79.7 Å². The minimum Gasteiger partial charge on any atom is -0.490 e. The number of pyridine rings is 1. The number of rotatable bonds is 10. The van der Waals surface area contributed by atoms with Crippen molar-refractivity contribution in [2.24, 2.45) is 0 Å². The fourth-order valence-electron chi connectivity index (χ4n) is 7.64. The van der Waals surface area contributed by atoms with E-state index in [0.717, 1.165) is 79.1 Å². The van der Waals surface area contributed by atoms with Gasteiger partial charge in [0.2, 0.25) is 0 Å². The lowest BCUT2D eigenvalue weighted by Gasteiger charge is -2.47. The molecular weight excluding hydrogens is 556 g/mol. The summed E-state index contributed by atoms with van der Waals surface area (Å²) in [5.74, 6) is 0.782. The summed E-state index contributed by atoms with van der Waals surface area (Å²) in [5, 5.41) is 14.8. The number of nitrogens with zero attached hydrogens (tertiary/aromatic N) is 2. The predicted molar refractivity (Wildman–Crippen MR) is 175 cm³/mol. The first-order valence-corrected chi connectivity index (χ1v) is 16.6. The molecule has 1 aliphatic carbocycles. The largest absolute Gasteiger partial charge is 0.490 e. The average molecular weight is 611 g/mol. The summed E-state index contributed by atoms with van der Waals surface area (Å²) in [6, 6.07) is 6.96. The van der Waals surface area contributed by atoms with Crippen molar-refractivity contribution in [3.05, 3.63) is 56.5 Å². The Balaban J connectivity index is 1.38. The zero-order valence-corrected chi connectivity index (χ0v) is 28.0. The summed E-state index contributed by atoms with van der Waals surface area (Å²) in [4.78, 5) is 20.6. The van der Waals surface area contributed by atoms with Gasteiger partial charge in [-0.1, -0.05) is 0 Å². The van der Waals surface area contributed by atoms with Gasteiger partial charge >= 0.3 is 0 Å². The van der Waals surface area contributed by atoms with Crippen molar-refractivity contribution in [1.82, 2.24) is 15.2 Å². The van der Waals surface area contributed by atoms with Crippen LogP contribution in [0.1, 0.15) is 94.5 Å². The van der Waals surface area contributed by atoms with Gasteiger partial charge in [-0.3, -0.25) is 15.0 Å². The number of benzene rings is 1. The lowest BCUT2D eigenvalue weighted by molar-refractivity contribution is -0.103. The zero-order chi connectivity index (χ0) is 31.7. The summed E-state index contributed by atoms with van der Waals surface area (Å²) < 4.78 is 18.7. The van der Waals surface area contributed by atoms with Crippen LogP contribution in [-0.4, -0.2) is 77.2 Å². The smallest absolute Gasteiger partial charge is 0.252 e. The maximum Gasteiger partial charge on any atom is 0.252 e. The lowest BCUT2D eigenvalue weighted by Crippen LogP contribution is -2.56. The van der Waals surface area contributed by atoms with Gasteiger partial charge < -0.3 is 29.2 Å². The number of aryl methyl sites for hydroxylation is 2. The van der Waals surface area contributed by atoms with E-state index in [2.05, 4.69) is 67.7 Å². The van der Waals surface area contributed by atoms with Gasteiger partial charge in [-0.15, -0.1) is 0 Å². The molecule has 1 aromatic carbocycles. The van der Waals surface area contributed by atoms with Crippen LogP contribution in [0.25, 0.3) is 0 Å². The topological polar surface area (TPSA) is 99.3 Å². The van der Waals surface area contributed by atoms with Crippen LogP contribution >= 0.6 is 0 Å². The fraction of sp³-hybridized carbons (Fsp3) is 0.686. The van der Waals surface area contributed by atoms with Gasteiger partial charge in [-0.2, -0.15) is 0 Å². The molecule has 5 rings (SSSR count). The summed E-state index contributed by atoms with van der Waals surface area (Å²) in [7, 11) is 0. The Bertz CT molecular complexity index is 1320. The van der Waals surface area contributed by atoms with Gasteiger partial charge in [-0.05, 0) is 91.5 Å². The third-order valence-corrected chi connectivity index (χ3v) is 9.75. The molecule has 1 aromatic heterocycles. The number of anilines is 1. The van der Waals surface area contributed by atoms with Crippen LogP contribution < -0.4 is 20.5 Å². The van der Waals surface area contributed by atoms with Crippen LogP contribution in [0, 0.1) is 20.8 Å². The molecule has 0 amide bonds. The lowest BCUT2D eigenvalue weighted by atomic mass is 9.87. The molecule has 0 radical (unpaired) electrons. The Hall–Kier alpha value is -2.43. The molecule has 1 saturated carbocycles. The van der Waals surface area contributed by atoms with E-state index in [1.54, 1.807) is 0 Å². The second kappa shape index (κ2) is 13.9. The number of aromatic amines is 1. The van der Waals surface area contributed by atoms with Crippen molar-refractivity contribution in [1.29, 1.82) is 0 Å². The summed E-state index contributed by atoms with van der Waals surface area (Å²) in [6.45, 7) is 19.7. The maximum absolute atomic E-state index is 12.7. The summed E-state index contributed by atoms with van der Waals surface area (Å²) >= 11 is 0. The molecule has 9 nitrogen and oxygen atoms in total. The standard InChI is InChI=1S/C35H54N4O5/c1-9-39(28-11-22(4)42-23(5)12-28)33-16-30(44-29-13-27(14-29)38-18-24(6)43-25(7)19-38)15-31(26(33)8)34(40)36-17-32-20(2)10-21(3)37-35(32)41/h10,15-16,22-25,27-29,34,36,40H,9,11-14,17-19H2,1-8H3,(H,37,41)/t22-,23+,24-,25+,27-,28+,29+,34?. The molecule has 2 saturated heterocycles. The van der Waals surface area contributed by atoms with Crippen LogP contribution in [0.15, 0.2) is 23.0 Å². The van der Waals surface area contributed by atoms with E-state index >= 15 is 0 Å². The molecule has 2 aromatic rings. The molecule has 3 heterocycles. The molecule has 44 heavy (non-hydrogen) atoms. The van der Waals surface area contributed by atoms with Crippen molar-refractivity contribution in [3.8, 4) is 5.75 Å². The number of hydrogen-bond acceptors (Lipinski definition) is 8. The highest BCUT2D eigenvalue weighted by Gasteiger charge is 2.38. The molecule has 0 spiro atoms. The summed E-state index contributed by atoms with van der Waals surface area (Å²) in [5.41, 5.74) is 5.12. The highest BCUT2D eigenvalue weighted by atomic mass is 16.5. The van der Waals surface area contributed by atoms with E-state index in [1.807, 2.05) is 26.0 Å². The van der Waals surface area contributed by atoms with E-state index in [4.69, 9.17) is 14.2 Å². The van der Waals surface area contributed by atoms with Crippen LogP contribution in [0.4, 0.5) is 5.69 Å². The van der Waals surface area contributed by atoms with Gasteiger partial charge in [0.25, 0.3) is 5.56 Å².